The minimum Gasteiger partial charge on any atom is -0.338 e. The highest BCUT2D eigenvalue weighted by molar-refractivity contribution is 7.13. The quantitative estimate of drug-likeness (QED) is 0.633. The van der Waals surface area contributed by atoms with Crippen LogP contribution in [0.1, 0.15) is 49.5 Å². The molecule has 1 atom stereocenters. The first-order chi connectivity index (χ1) is 14.5. The molecule has 30 heavy (non-hydrogen) atoms. The van der Waals surface area contributed by atoms with Gasteiger partial charge in [-0.1, -0.05) is 40.6 Å². The Morgan fingerprint density at radius 2 is 1.83 bits per heavy atom. The molecule has 0 bridgehead atoms. The third-order valence-corrected chi connectivity index (χ3v) is 6.43. The van der Waals surface area contributed by atoms with Gasteiger partial charge in [0.25, 0.3) is 11.8 Å². The molecule has 1 fully saturated rings. The van der Waals surface area contributed by atoms with E-state index in [0.29, 0.717) is 28.7 Å². The molecule has 6 nitrogen and oxygen atoms in total. The molecule has 2 amide bonds. The van der Waals surface area contributed by atoms with Gasteiger partial charge < -0.3 is 10.2 Å². The van der Waals surface area contributed by atoms with E-state index in [-0.39, 0.29) is 17.7 Å². The van der Waals surface area contributed by atoms with Crippen LogP contribution in [-0.4, -0.2) is 40.0 Å². The first kappa shape index (κ1) is 20.5. The van der Waals surface area contributed by atoms with E-state index in [1.54, 1.807) is 24.3 Å². The molecular formula is C22H21ClN4O2S. The summed E-state index contributed by atoms with van der Waals surface area (Å²) in [4.78, 5) is 27.2. The zero-order chi connectivity index (χ0) is 21.1. The number of aryl methyl sites for hydroxylation is 1. The summed E-state index contributed by atoms with van der Waals surface area (Å²) in [5, 5.41) is 12.9. The van der Waals surface area contributed by atoms with E-state index in [1.807, 2.05) is 36.1 Å². The van der Waals surface area contributed by atoms with Crippen LogP contribution in [0.15, 0.2) is 48.5 Å². The van der Waals surface area contributed by atoms with Crippen LogP contribution in [0.4, 0.5) is 5.69 Å². The van der Waals surface area contributed by atoms with Gasteiger partial charge in [0.05, 0.1) is 0 Å². The van der Waals surface area contributed by atoms with Crippen LogP contribution in [0.3, 0.4) is 0 Å². The van der Waals surface area contributed by atoms with Gasteiger partial charge in [-0.25, -0.2) is 0 Å². The Hall–Kier alpha value is -2.77. The van der Waals surface area contributed by atoms with E-state index in [1.165, 1.54) is 11.3 Å². The van der Waals surface area contributed by atoms with Crippen molar-refractivity contribution in [3.05, 3.63) is 74.7 Å². The van der Waals surface area contributed by atoms with Crippen molar-refractivity contribution in [2.45, 2.75) is 25.7 Å². The van der Waals surface area contributed by atoms with E-state index in [9.17, 15) is 9.59 Å². The van der Waals surface area contributed by atoms with Crippen LogP contribution in [0.2, 0.25) is 5.02 Å². The number of rotatable bonds is 4. The summed E-state index contributed by atoms with van der Waals surface area (Å²) in [6.07, 6.45) is 1.80. The second-order valence-corrected chi connectivity index (χ2v) is 8.81. The third-order valence-electron chi connectivity index (χ3n) is 5.09. The predicted molar refractivity (Wildman–Crippen MR) is 118 cm³/mol. The van der Waals surface area contributed by atoms with Crippen molar-refractivity contribution < 1.29 is 9.59 Å². The molecule has 8 heteroatoms. The lowest BCUT2D eigenvalue weighted by Crippen LogP contribution is -2.39. The molecule has 4 rings (SSSR count). The molecule has 2 aromatic carbocycles. The average molecular weight is 441 g/mol. The Balaban J connectivity index is 1.42. The van der Waals surface area contributed by atoms with E-state index >= 15 is 0 Å². The maximum absolute atomic E-state index is 12.8. The third kappa shape index (κ3) is 4.68. The number of benzene rings is 2. The summed E-state index contributed by atoms with van der Waals surface area (Å²) in [6, 6.07) is 14.5. The number of piperidine rings is 1. The summed E-state index contributed by atoms with van der Waals surface area (Å²) in [5.41, 5.74) is 2.47. The Labute approximate surface area is 183 Å². The van der Waals surface area contributed by atoms with Gasteiger partial charge in [-0.15, -0.1) is 10.2 Å². The molecule has 0 spiro atoms. The number of carbonyl (C=O) groups excluding carboxylic acids is 2. The lowest BCUT2D eigenvalue weighted by atomic mass is 9.98. The number of anilines is 1. The van der Waals surface area contributed by atoms with E-state index in [4.69, 9.17) is 11.6 Å². The lowest BCUT2D eigenvalue weighted by Gasteiger charge is -2.31. The SMILES string of the molecule is Cc1ccc(NC(=O)c2nnc([C@@H]3CCCN(C(=O)c4ccc(Cl)cc4)C3)s2)cc1. The van der Waals surface area contributed by atoms with Gasteiger partial charge in [0, 0.05) is 35.3 Å². The topological polar surface area (TPSA) is 75.2 Å². The summed E-state index contributed by atoms with van der Waals surface area (Å²) in [5.74, 6) is -0.209. The summed E-state index contributed by atoms with van der Waals surface area (Å²) in [6.45, 7) is 3.26. The number of aromatic nitrogens is 2. The zero-order valence-corrected chi connectivity index (χ0v) is 18.0. The van der Waals surface area contributed by atoms with Crippen LogP contribution < -0.4 is 5.32 Å². The van der Waals surface area contributed by atoms with Crippen molar-refractivity contribution in [1.82, 2.24) is 15.1 Å². The van der Waals surface area contributed by atoms with Crippen LogP contribution in [0, 0.1) is 6.92 Å². The number of hydrogen-bond donors (Lipinski definition) is 1. The van der Waals surface area contributed by atoms with Crippen molar-refractivity contribution >= 4 is 40.4 Å². The monoisotopic (exact) mass is 440 g/mol. The number of nitrogens with one attached hydrogen (secondary N) is 1. The molecule has 3 aromatic rings. The standard InChI is InChI=1S/C22H21ClN4O2S/c1-14-4-10-18(11-5-14)24-19(28)21-26-25-20(30-21)16-3-2-12-27(13-16)22(29)15-6-8-17(23)9-7-15/h4-11,16H,2-3,12-13H2,1H3,(H,24,28)/t16-/m1/s1. The molecule has 2 heterocycles. The number of amides is 2. The highest BCUT2D eigenvalue weighted by Gasteiger charge is 2.28. The van der Waals surface area contributed by atoms with Crippen LogP contribution in [-0.2, 0) is 0 Å². The zero-order valence-electron chi connectivity index (χ0n) is 16.5. The van der Waals surface area contributed by atoms with Crippen LogP contribution in [0.5, 0.6) is 0 Å². The number of likely N-dealkylation sites (tertiary alicyclic amines) is 1. The summed E-state index contributed by atoms with van der Waals surface area (Å²) in [7, 11) is 0. The Kier molecular flexibility index (Phi) is 6.11. The van der Waals surface area contributed by atoms with E-state index in [0.717, 1.165) is 29.1 Å². The summed E-state index contributed by atoms with van der Waals surface area (Å²) < 4.78 is 0. The van der Waals surface area contributed by atoms with Crippen molar-refractivity contribution in [3.63, 3.8) is 0 Å². The highest BCUT2D eigenvalue weighted by Crippen LogP contribution is 2.30. The first-order valence-corrected chi connectivity index (χ1v) is 11.0. The van der Waals surface area contributed by atoms with Crippen molar-refractivity contribution in [3.8, 4) is 0 Å². The Morgan fingerprint density at radius 1 is 1.10 bits per heavy atom. The average Bonchev–Trinajstić information content (AvgIpc) is 3.26. The fraction of sp³-hybridized carbons (Fsp3) is 0.273. The molecule has 1 aliphatic heterocycles. The number of hydrogen-bond acceptors (Lipinski definition) is 5. The van der Waals surface area contributed by atoms with Gasteiger partial charge in [-0.05, 0) is 56.2 Å². The Morgan fingerprint density at radius 3 is 2.57 bits per heavy atom. The van der Waals surface area contributed by atoms with Crippen LogP contribution in [0.25, 0.3) is 0 Å². The molecule has 0 radical (unpaired) electrons. The van der Waals surface area contributed by atoms with Crippen molar-refractivity contribution in [2.24, 2.45) is 0 Å². The minimum atomic E-state index is -0.271. The number of halogens is 1. The highest BCUT2D eigenvalue weighted by atomic mass is 35.5. The van der Waals surface area contributed by atoms with E-state index in [2.05, 4.69) is 15.5 Å². The van der Waals surface area contributed by atoms with Crippen molar-refractivity contribution in [2.75, 3.05) is 18.4 Å². The van der Waals surface area contributed by atoms with Gasteiger partial charge in [0.1, 0.15) is 5.01 Å². The maximum atomic E-state index is 12.8. The molecule has 0 aliphatic carbocycles. The van der Waals surface area contributed by atoms with Gasteiger partial charge in [-0.3, -0.25) is 9.59 Å². The lowest BCUT2D eigenvalue weighted by molar-refractivity contribution is 0.0706. The van der Waals surface area contributed by atoms with Gasteiger partial charge in [0.2, 0.25) is 5.01 Å². The van der Waals surface area contributed by atoms with Gasteiger partial charge >= 0.3 is 0 Å². The van der Waals surface area contributed by atoms with Gasteiger partial charge in [0.15, 0.2) is 0 Å². The van der Waals surface area contributed by atoms with E-state index < -0.39 is 0 Å². The smallest absolute Gasteiger partial charge is 0.286 e. The molecule has 154 valence electrons. The molecule has 0 saturated carbocycles. The number of carbonyl (C=O) groups is 2. The predicted octanol–water partition coefficient (Wildman–Crippen LogP) is 4.77. The summed E-state index contributed by atoms with van der Waals surface area (Å²) >= 11 is 7.21. The Bertz CT molecular complexity index is 1050. The normalized spacial score (nSPS) is 16.3. The fourth-order valence-corrected chi connectivity index (χ4v) is 4.44. The second-order valence-electron chi connectivity index (χ2n) is 7.36. The van der Waals surface area contributed by atoms with Crippen molar-refractivity contribution in [1.29, 1.82) is 0 Å². The van der Waals surface area contributed by atoms with Crippen LogP contribution >= 0.6 is 22.9 Å². The molecule has 1 saturated heterocycles. The second kappa shape index (κ2) is 8.93. The largest absolute Gasteiger partial charge is 0.338 e. The minimum absolute atomic E-state index is 0.0155. The first-order valence-electron chi connectivity index (χ1n) is 9.76. The molecule has 0 unspecified atom stereocenters. The molecular weight excluding hydrogens is 420 g/mol. The van der Waals surface area contributed by atoms with Gasteiger partial charge in [-0.2, -0.15) is 0 Å². The maximum Gasteiger partial charge on any atom is 0.286 e. The number of nitrogens with zero attached hydrogens (tertiary/aromatic N) is 3. The fourth-order valence-electron chi connectivity index (χ4n) is 3.45. The molecule has 1 N–H and O–H groups in total. The molecule has 1 aliphatic rings. The molecule has 1 aromatic heterocycles.